The Bertz CT molecular complexity index is 377. The summed E-state index contributed by atoms with van der Waals surface area (Å²) in [6, 6.07) is 8.72. The van der Waals surface area contributed by atoms with Crippen molar-refractivity contribution in [1.82, 2.24) is 5.32 Å². The maximum atomic E-state index is 5.49. The summed E-state index contributed by atoms with van der Waals surface area (Å²) in [6.07, 6.45) is 1.21. The molecule has 1 fully saturated rings. The Balaban J connectivity index is 2.06. The SMILES string of the molecule is S=C1N[C@@H]2c3ccccc3C[C@@H]2O1. The van der Waals surface area contributed by atoms with E-state index in [9.17, 15) is 0 Å². The van der Waals surface area contributed by atoms with Crippen LogP contribution in [0.2, 0.25) is 0 Å². The van der Waals surface area contributed by atoms with Crippen LogP contribution in [0.3, 0.4) is 0 Å². The standard InChI is InChI=1S/C10H9NOS/c13-10-11-9-7-4-2-1-3-6(7)5-8(9)12-10/h1-4,8-9H,5H2,(H,11,13)/t8-,9+/m0/s1. The van der Waals surface area contributed by atoms with Gasteiger partial charge in [-0.2, -0.15) is 0 Å². The van der Waals surface area contributed by atoms with Crippen LogP contribution in [0.15, 0.2) is 24.3 Å². The van der Waals surface area contributed by atoms with Crippen LogP contribution < -0.4 is 5.32 Å². The van der Waals surface area contributed by atoms with Crippen LogP contribution in [0.25, 0.3) is 0 Å². The van der Waals surface area contributed by atoms with Gasteiger partial charge in [-0.3, -0.25) is 0 Å². The molecule has 0 amide bonds. The molecule has 1 aliphatic heterocycles. The monoisotopic (exact) mass is 191 g/mol. The highest BCUT2D eigenvalue weighted by Crippen LogP contribution is 2.36. The fraction of sp³-hybridized carbons (Fsp3) is 0.300. The Morgan fingerprint density at radius 3 is 3.15 bits per heavy atom. The molecule has 3 heteroatoms. The minimum atomic E-state index is 0.227. The minimum Gasteiger partial charge on any atom is -0.465 e. The summed E-state index contributed by atoms with van der Waals surface area (Å²) in [5, 5.41) is 3.73. The second-order valence-corrected chi connectivity index (χ2v) is 3.84. The van der Waals surface area contributed by atoms with Gasteiger partial charge in [0, 0.05) is 6.42 Å². The number of rotatable bonds is 0. The molecular formula is C10H9NOS. The highest BCUT2D eigenvalue weighted by Gasteiger charge is 2.39. The van der Waals surface area contributed by atoms with Gasteiger partial charge in [-0.05, 0) is 23.3 Å². The van der Waals surface area contributed by atoms with E-state index in [1.54, 1.807) is 0 Å². The maximum Gasteiger partial charge on any atom is 0.257 e. The molecule has 2 nitrogen and oxygen atoms in total. The lowest BCUT2D eigenvalue weighted by Gasteiger charge is -2.06. The summed E-state index contributed by atoms with van der Waals surface area (Å²) in [6.45, 7) is 0. The van der Waals surface area contributed by atoms with Crippen molar-refractivity contribution in [2.24, 2.45) is 0 Å². The summed E-state index contributed by atoms with van der Waals surface area (Å²) in [5.41, 5.74) is 2.72. The predicted octanol–water partition coefficient (Wildman–Crippen LogP) is 1.56. The molecule has 0 unspecified atom stereocenters. The lowest BCUT2D eigenvalue weighted by atomic mass is 10.1. The largest absolute Gasteiger partial charge is 0.465 e. The Labute approximate surface area is 81.9 Å². The van der Waals surface area contributed by atoms with Crippen molar-refractivity contribution in [3.8, 4) is 0 Å². The minimum absolute atomic E-state index is 0.227. The molecule has 66 valence electrons. The number of fused-ring (bicyclic) bond motifs is 3. The highest BCUT2D eigenvalue weighted by molar-refractivity contribution is 7.80. The molecule has 0 saturated carbocycles. The van der Waals surface area contributed by atoms with E-state index in [0.29, 0.717) is 11.2 Å². The zero-order valence-electron chi connectivity index (χ0n) is 6.99. The molecule has 1 heterocycles. The maximum absolute atomic E-state index is 5.49. The van der Waals surface area contributed by atoms with Crippen LogP contribution in [-0.4, -0.2) is 11.3 Å². The van der Waals surface area contributed by atoms with Gasteiger partial charge in [-0.1, -0.05) is 24.3 Å². The van der Waals surface area contributed by atoms with Gasteiger partial charge in [0.15, 0.2) is 0 Å². The molecule has 0 radical (unpaired) electrons. The summed E-state index contributed by atoms with van der Waals surface area (Å²) in [4.78, 5) is 0. The van der Waals surface area contributed by atoms with Crippen LogP contribution >= 0.6 is 12.2 Å². The Morgan fingerprint density at radius 2 is 2.23 bits per heavy atom. The molecule has 3 rings (SSSR count). The smallest absolute Gasteiger partial charge is 0.257 e. The van der Waals surface area contributed by atoms with Crippen molar-refractivity contribution in [1.29, 1.82) is 0 Å². The van der Waals surface area contributed by atoms with E-state index in [2.05, 4.69) is 29.6 Å². The number of hydrogen-bond acceptors (Lipinski definition) is 2. The first-order valence-corrected chi connectivity index (χ1v) is 4.80. The number of nitrogens with one attached hydrogen (secondary N) is 1. The fourth-order valence-electron chi connectivity index (χ4n) is 2.14. The quantitative estimate of drug-likeness (QED) is 0.629. The number of ether oxygens (including phenoxy) is 1. The molecule has 0 spiro atoms. The number of thiocarbonyl (C=S) groups is 1. The Kier molecular flexibility index (Phi) is 1.38. The van der Waals surface area contributed by atoms with Crippen molar-refractivity contribution >= 4 is 17.4 Å². The van der Waals surface area contributed by atoms with Crippen molar-refractivity contribution in [3.63, 3.8) is 0 Å². The third-order valence-electron chi connectivity index (χ3n) is 2.71. The van der Waals surface area contributed by atoms with E-state index >= 15 is 0 Å². The summed E-state index contributed by atoms with van der Waals surface area (Å²) < 4.78 is 5.49. The second kappa shape index (κ2) is 2.45. The molecule has 1 saturated heterocycles. The third-order valence-corrected chi connectivity index (χ3v) is 2.93. The zero-order chi connectivity index (χ0) is 8.84. The predicted molar refractivity (Wildman–Crippen MR) is 53.5 cm³/mol. The van der Waals surface area contributed by atoms with Gasteiger partial charge in [-0.15, -0.1) is 0 Å². The van der Waals surface area contributed by atoms with E-state index in [1.165, 1.54) is 11.1 Å². The van der Waals surface area contributed by atoms with E-state index in [1.807, 2.05) is 0 Å². The average Bonchev–Trinajstić information content (AvgIpc) is 2.60. The lowest BCUT2D eigenvalue weighted by Crippen LogP contribution is -2.18. The first-order chi connectivity index (χ1) is 6.34. The van der Waals surface area contributed by atoms with Gasteiger partial charge in [0.25, 0.3) is 5.17 Å². The van der Waals surface area contributed by atoms with E-state index in [-0.39, 0.29) is 6.10 Å². The summed E-state index contributed by atoms with van der Waals surface area (Å²) in [5.74, 6) is 0. The van der Waals surface area contributed by atoms with E-state index in [0.717, 1.165) is 6.42 Å². The van der Waals surface area contributed by atoms with Crippen molar-refractivity contribution in [2.45, 2.75) is 18.6 Å². The topological polar surface area (TPSA) is 21.3 Å². The van der Waals surface area contributed by atoms with Gasteiger partial charge < -0.3 is 10.1 Å². The van der Waals surface area contributed by atoms with Crippen LogP contribution in [0, 0.1) is 0 Å². The van der Waals surface area contributed by atoms with Crippen LogP contribution in [0.4, 0.5) is 0 Å². The lowest BCUT2D eigenvalue weighted by molar-refractivity contribution is 0.218. The fourth-order valence-corrected chi connectivity index (χ4v) is 2.39. The van der Waals surface area contributed by atoms with E-state index < -0.39 is 0 Å². The van der Waals surface area contributed by atoms with Crippen LogP contribution in [0.5, 0.6) is 0 Å². The molecular weight excluding hydrogens is 182 g/mol. The third kappa shape index (κ3) is 0.968. The molecule has 1 aromatic rings. The second-order valence-electron chi connectivity index (χ2n) is 3.47. The molecule has 0 aromatic heterocycles. The summed E-state index contributed by atoms with van der Waals surface area (Å²) in [7, 11) is 0. The van der Waals surface area contributed by atoms with E-state index in [4.69, 9.17) is 17.0 Å². The first-order valence-electron chi connectivity index (χ1n) is 4.39. The van der Waals surface area contributed by atoms with Gasteiger partial charge in [0.1, 0.15) is 6.10 Å². The number of hydrogen-bond donors (Lipinski definition) is 1. The first kappa shape index (κ1) is 7.33. The molecule has 1 N–H and O–H groups in total. The molecule has 0 bridgehead atoms. The molecule has 1 aromatic carbocycles. The molecule has 1 aliphatic carbocycles. The van der Waals surface area contributed by atoms with Gasteiger partial charge in [0.05, 0.1) is 6.04 Å². The van der Waals surface area contributed by atoms with Crippen LogP contribution in [0.1, 0.15) is 17.2 Å². The number of benzene rings is 1. The summed E-state index contributed by atoms with van der Waals surface area (Å²) >= 11 is 4.97. The van der Waals surface area contributed by atoms with Crippen LogP contribution in [-0.2, 0) is 11.2 Å². The van der Waals surface area contributed by atoms with Crippen molar-refractivity contribution < 1.29 is 4.74 Å². The normalized spacial score (nSPS) is 29.1. The van der Waals surface area contributed by atoms with Gasteiger partial charge in [0.2, 0.25) is 0 Å². The average molecular weight is 191 g/mol. The Morgan fingerprint density at radius 1 is 1.38 bits per heavy atom. The van der Waals surface area contributed by atoms with Gasteiger partial charge >= 0.3 is 0 Å². The zero-order valence-corrected chi connectivity index (χ0v) is 7.80. The van der Waals surface area contributed by atoms with Crippen molar-refractivity contribution in [2.75, 3.05) is 0 Å². The highest BCUT2D eigenvalue weighted by atomic mass is 32.1. The molecule has 2 atom stereocenters. The Hall–Kier alpha value is -1.09. The molecule has 13 heavy (non-hydrogen) atoms. The van der Waals surface area contributed by atoms with Crippen molar-refractivity contribution in [3.05, 3.63) is 35.4 Å². The van der Waals surface area contributed by atoms with Gasteiger partial charge in [-0.25, -0.2) is 0 Å². The molecule has 2 aliphatic rings.